The summed E-state index contributed by atoms with van der Waals surface area (Å²) in [6, 6.07) is 27.8. The van der Waals surface area contributed by atoms with E-state index in [1.54, 1.807) is 4.57 Å². The molecule has 0 saturated carbocycles. The third kappa shape index (κ3) is 2.54. The minimum Gasteiger partial charge on any atom is -0.281 e. The van der Waals surface area contributed by atoms with Crippen molar-refractivity contribution in [2.75, 3.05) is 0 Å². The molecule has 0 aliphatic heterocycles. The van der Waals surface area contributed by atoms with Crippen LogP contribution in [-0.4, -0.2) is 14.8 Å². The monoisotopic (exact) mass is 351 g/mol. The van der Waals surface area contributed by atoms with Crippen LogP contribution >= 0.6 is 0 Å². The van der Waals surface area contributed by atoms with Gasteiger partial charge in [-0.15, -0.1) is 0 Å². The van der Waals surface area contributed by atoms with Crippen molar-refractivity contribution in [3.05, 3.63) is 107 Å². The molecule has 2 aromatic heterocycles. The number of hydrogen-bond acceptors (Lipinski definition) is 2. The van der Waals surface area contributed by atoms with E-state index >= 15 is 0 Å². The molecule has 0 aliphatic rings. The first-order valence-electron chi connectivity index (χ1n) is 8.93. The molecular formula is C23H17N3O. The van der Waals surface area contributed by atoms with E-state index in [1.807, 2.05) is 72.8 Å². The van der Waals surface area contributed by atoms with Crippen LogP contribution < -0.4 is 5.56 Å². The molecule has 0 bridgehead atoms. The predicted molar refractivity (Wildman–Crippen MR) is 108 cm³/mol. The van der Waals surface area contributed by atoms with Crippen molar-refractivity contribution in [3.8, 4) is 5.69 Å². The van der Waals surface area contributed by atoms with Crippen LogP contribution in [0.4, 0.5) is 0 Å². The topological polar surface area (TPSA) is 50.7 Å². The molecule has 27 heavy (non-hydrogen) atoms. The number of hydrogen-bond donors (Lipinski definition) is 1. The maximum absolute atomic E-state index is 13.5. The smallest absolute Gasteiger partial charge is 0.266 e. The van der Waals surface area contributed by atoms with Crippen molar-refractivity contribution >= 4 is 21.8 Å². The first-order chi connectivity index (χ1) is 13.3. The molecular weight excluding hydrogens is 334 g/mol. The van der Waals surface area contributed by atoms with Crippen LogP contribution in [0, 0.1) is 0 Å². The second-order valence-electron chi connectivity index (χ2n) is 6.58. The Morgan fingerprint density at radius 3 is 2.26 bits per heavy atom. The molecule has 0 amide bonds. The maximum atomic E-state index is 13.5. The number of rotatable bonds is 3. The number of aromatic amines is 1. The number of H-pyrrole nitrogens is 1. The molecule has 2 heterocycles. The molecule has 130 valence electrons. The van der Waals surface area contributed by atoms with E-state index in [1.165, 1.54) is 0 Å². The Morgan fingerprint density at radius 1 is 0.815 bits per heavy atom. The maximum Gasteiger partial charge on any atom is 0.266 e. The lowest BCUT2D eigenvalue weighted by atomic mass is 10.1. The van der Waals surface area contributed by atoms with Crippen LogP contribution in [0.25, 0.3) is 27.5 Å². The molecule has 0 saturated heterocycles. The van der Waals surface area contributed by atoms with Crippen molar-refractivity contribution in [1.29, 1.82) is 0 Å². The minimum absolute atomic E-state index is 0.0467. The fourth-order valence-corrected chi connectivity index (χ4v) is 3.65. The molecule has 4 heteroatoms. The third-order valence-corrected chi connectivity index (χ3v) is 4.90. The van der Waals surface area contributed by atoms with Crippen LogP contribution in [0.1, 0.15) is 11.3 Å². The molecule has 1 N–H and O–H groups in total. The molecule has 5 rings (SSSR count). The molecule has 0 atom stereocenters. The molecule has 0 spiro atoms. The Morgan fingerprint density at radius 2 is 1.48 bits per heavy atom. The minimum atomic E-state index is -0.0467. The quantitative estimate of drug-likeness (QED) is 0.522. The Balaban J connectivity index is 1.85. The summed E-state index contributed by atoms with van der Waals surface area (Å²) in [4.78, 5) is 13.5. The zero-order valence-electron chi connectivity index (χ0n) is 14.6. The summed E-state index contributed by atoms with van der Waals surface area (Å²) in [5, 5.41) is 9.23. The highest BCUT2D eigenvalue weighted by molar-refractivity contribution is 6.04. The zero-order valence-corrected chi connectivity index (χ0v) is 14.6. The summed E-state index contributed by atoms with van der Waals surface area (Å²) in [7, 11) is 0. The number of pyridine rings is 1. The van der Waals surface area contributed by atoms with Gasteiger partial charge < -0.3 is 0 Å². The van der Waals surface area contributed by atoms with E-state index in [0.717, 1.165) is 33.4 Å². The predicted octanol–water partition coefficient (Wildman–Crippen LogP) is 4.46. The number of para-hydroxylation sites is 2. The molecule has 5 aromatic rings. The molecule has 0 unspecified atom stereocenters. The zero-order chi connectivity index (χ0) is 18.2. The lowest BCUT2D eigenvalue weighted by Crippen LogP contribution is -2.19. The highest BCUT2D eigenvalue weighted by Gasteiger charge is 2.17. The van der Waals surface area contributed by atoms with E-state index in [2.05, 4.69) is 22.3 Å². The van der Waals surface area contributed by atoms with Crippen molar-refractivity contribution in [2.24, 2.45) is 0 Å². The molecule has 0 fully saturated rings. The SMILES string of the molecule is O=c1c2c(Cc3ccccc3)[nH]nc2c2ccccc2n1-c1ccccc1. The second kappa shape index (κ2) is 6.25. The van der Waals surface area contributed by atoms with Crippen molar-refractivity contribution < 1.29 is 0 Å². The Hall–Kier alpha value is -3.66. The normalized spacial score (nSPS) is 11.3. The van der Waals surface area contributed by atoms with Crippen LogP contribution in [0.3, 0.4) is 0 Å². The van der Waals surface area contributed by atoms with Crippen LogP contribution in [0.2, 0.25) is 0 Å². The van der Waals surface area contributed by atoms with E-state index in [9.17, 15) is 4.79 Å². The highest BCUT2D eigenvalue weighted by Crippen LogP contribution is 2.26. The fraction of sp³-hybridized carbons (Fsp3) is 0.0435. The van der Waals surface area contributed by atoms with Gasteiger partial charge in [-0.1, -0.05) is 66.7 Å². The number of benzene rings is 3. The van der Waals surface area contributed by atoms with Gasteiger partial charge in [-0.25, -0.2) is 0 Å². The van der Waals surface area contributed by atoms with Crippen molar-refractivity contribution in [3.63, 3.8) is 0 Å². The number of nitrogens with zero attached hydrogens (tertiary/aromatic N) is 2. The van der Waals surface area contributed by atoms with Gasteiger partial charge in [-0.2, -0.15) is 5.10 Å². The summed E-state index contributed by atoms with van der Waals surface area (Å²) in [5.41, 5.74) is 4.38. The largest absolute Gasteiger partial charge is 0.281 e. The van der Waals surface area contributed by atoms with E-state index in [4.69, 9.17) is 0 Å². The van der Waals surface area contributed by atoms with Gasteiger partial charge >= 0.3 is 0 Å². The molecule has 4 nitrogen and oxygen atoms in total. The van der Waals surface area contributed by atoms with Gasteiger partial charge in [0.05, 0.1) is 16.6 Å². The summed E-state index contributed by atoms with van der Waals surface area (Å²) in [6.07, 6.45) is 0.639. The molecule has 0 aliphatic carbocycles. The van der Waals surface area contributed by atoms with Gasteiger partial charge in [-0.05, 0) is 23.8 Å². The van der Waals surface area contributed by atoms with Gasteiger partial charge in [-0.3, -0.25) is 14.5 Å². The van der Waals surface area contributed by atoms with Crippen LogP contribution in [-0.2, 0) is 6.42 Å². The summed E-state index contributed by atoms with van der Waals surface area (Å²) in [5.74, 6) is 0. The Bertz CT molecular complexity index is 1300. The fourth-order valence-electron chi connectivity index (χ4n) is 3.65. The van der Waals surface area contributed by atoms with Gasteiger partial charge in [0.2, 0.25) is 0 Å². The third-order valence-electron chi connectivity index (χ3n) is 4.90. The van der Waals surface area contributed by atoms with E-state index in [-0.39, 0.29) is 5.56 Å². The van der Waals surface area contributed by atoms with E-state index < -0.39 is 0 Å². The van der Waals surface area contributed by atoms with Gasteiger partial charge in [0.1, 0.15) is 5.52 Å². The van der Waals surface area contributed by atoms with Crippen LogP contribution in [0.5, 0.6) is 0 Å². The summed E-state index contributed by atoms with van der Waals surface area (Å²) >= 11 is 0. The summed E-state index contributed by atoms with van der Waals surface area (Å²) < 4.78 is 1.78. The number of aromatic nitrogens is 3. The Labute approximate surface area is 155 Å². The summed E-state index contributed by atoms with van der Waals surface area (Å²) in [6.45, 7) is 0. The second-order valence-corrected chi connectivity index (χ2v) is 6.58. The number of fused-ring (bicyclic) bond motifs is 3. The first kappa shape index (κ1) is 15.6. The highest BCUT2D eigenvalue weighted by atomic mass is 16.1. The average Bonchev–Trinajstić information content (AvgIpc) is 3.14. The number of nitrogens with one attached hydrogen (secondary N) is 1. The standard InChI is InChI=1S/C23H17N3O/c27-23-21-19(15-16-9-3-1-4-10-16)24-25-22(21)18-13-7-8-14-20(18)26(23)17-11-5-2-6-12-17/h1-14H,15H2,(H,24,25). The Kier molecular flexibility index (Phi) is 3.61. The van der Waals surface area contributed by atoms with Gasteiger partial charge in [0.15, 0.2) is 0 Å². The van der Waals surface area contributed by atoms with Gasteiger partial charge in [0.25, 0.3) is 5.56 Å². The van der Waals surface area contributed by atoms with Crippen LogP contribution in [0.15, 0.2) is 89.7 Å². The molecule has 0 radical (unpaired) electrons. The first-order valence-corrected chi connectivity index (χ1v) is 8.93. The van der Waals surface area contributed by atoms with Gasteiger partial charge in [0, 0.05) is 17.5 Å². The van der Waals surface area contributed by atoms with E-state index in [0.29, 0.717) is 11.8 Å². The van der Waals surface area contributed by atoms with Crippen molar-refractivity contribution in [2.45, 2.75) is 6.42 Å². The average molecular weight is 351 g/mol. The lowest BCUT2D eigenvalue weighted by Gasteiger charge is -2.11. The molecule has 3 aromatic carbocycles. The lowest BCUT2D eigenvalue weighted by molar-refractivity contribution is 1.01. The van der Waals surface area contributed by atoms with Crippen molar-refractivity contribution in [1.82, 2.24) is 14.8 Å².